The van der Waals surface area contributed by atoms with E-state index in [1.807, 2.05) is 16.9 Å². The van der Waals surface area contributed by atoms with Crippen molar-refractivity contribution < 1.29 is 9.26 Å². The van der Waals surface area contributed by atoms with E-state index in [9.17, 15) is 0 Å². The van der Waals surface area contributed by atoms with Gasteiger partial charge < -0.3 is 14.6 Å². The Morgan fingerprint density at radius 2 is 2.30 bits per heavy atom. The maximum absolute atomic E-state index is 5.18. The summed E-state index contributed by atoms with van der Waals surface area (Å²) >= 11 is 0. The first-order valence-electron chi connectivity index (χ1n) is 6.73. The van der Waals surface area contributed by atoms with Gasteiger partial charge in [0.15, 0.2) is 5.82 Å². The highest BCUT2D eigenvalue weighted by Crippen LogP contribution is 2.09. The minimum atomic E-state index is 0.240. The van der Waals surface area contributed by atoms with Crippen LogP contribution in [0.1, 0.15) is 31.6 Å². The lowest BCUT2D eigenvalue weighted by atomic mass is 10.2. The lowest BCUT2D eigenvalue weighted by Crippen LogP contribution is -2.33. The number of hydrogen-bond donors (Lipinski definition) is 1. The fourth-order valence-electron chi connectivity index (χ4n) is 1.83. The van der Waals surface area contributed by atoms with Crippen molar-refractivity contribution in [3.05, 3.63) is 30.2 Å². The van der Waals surface area contributed by atoms with Crippen LogP contribution < -0.4 is 5.32 Å². The molecule has 0 aromatic carbocycles. The highest BCUT2D eigenvalue weighted by molar-refractivity contribution is 4.88. The zero-order valence-electron chi connectivity index (χ0n) is 12.1. The summed E-state index contributed by atoms with van der Waals surface area (Å²) in [5.74, 6) is 1.27. The molecular weight excluding hydrogens is 258 g/mol. The van der Waals surface area contributed by atoms with Crippen molar-refractivity contribution in [2.45, 2.75) is 38.9 Å². The molecule has 110 valence electrons. The number of nitrogens with zero attached hydrogens (tertiary/aromatic N) is 4. The maximum Gasteiger partial charge on any atom is 0.240 e. The van der Waals surface area contributed by atoms with Crippen molar-refractivity contribution >= 4 is 0 Å². The highest BCUT2D eigenvalue weighted by Gasteiger charge is 2.15. The second-order valence-electron chi connectivity index (χ2n) is 4.74. The average molecular weight is 279 g/mol. The third-order valence-electron chi connectivity index (χ3n) is 3.28. The van der Waals surface area contributed by atoms with Crippen LogP contribution in [0, 0.1) is 0 Å². The lowest BCUT2D eigenvalue weighted by molar-refractivity contribution is 0.199. The molecule has 0 bridgehead atoms. The van der Waals surface area contributed by atoms with Crippen LogP contribution in [-0.2, 0) is 17.7 Å². The topological polar surface area (TPSA) is 78.0 Å². The molecule has 0 aliphatic rings. The molecule has 0 aliphatic carbocycles. The van der Waals surface area contributed by atoms with Crippen LogP contribution in [0.2, 0.25) is 0 Å². The second kappa shape index (κ2) is 7.16. The molecule has 0 amide bonds. The number of nitrogens with one attached hydrogen (secondary N) is 1. The molecule has 2 rings (SSSR count). The van der Waals surface area contributed by atoms with Crippen molar-refractivity contribution in [1.82, 2.24) is 25.2 Å². The Kier molecular flexibility index (Phi) is 5.25. The molecule has 0 aliphatic heterocycles. The zero-order valence-corrected chi connectivity index (χ0v) is 12.1. The van der Waals surface area contributed by atoms with Crippen LogP contribution in [0.3, 0.4) is 0 Å². The molecule has 2 aromatic heterocycles. The van der Waals surface area contributed by atoms with Gasteiger partial charge in [0.05, 0.1) is 19.2 Å². The number of rotatable bonds is 8. The first-order chi connectivity index (χ1) is 9.70. The minimum Gasteiger partial charge on any atom is -0.384 e. The molecule has 0 radical (unpaired) electrons. The molecular formula is C13H21N5O2. The van der Waals surface area contributed by atoms with E-state index in [-0.39, 0.29) is 12.1 Å². The normalized spacial score (nSPS) is 14.3. The molecule has 1 N–H and O–H groups in total. The molecule has 2 heterocycles. The molecule has 0 unspecified atom stereocenters. The van der Waals surface area contributed by atoms with Crippen LogP contribution in [0.15, 0.2) is 23.0 Å². The van der Waals surface area contributed by atoms with Gasteiger partial charge in [-0.2, -0.15) is 10.1 Å². The van der Waals surface area contributed by atoms with Crippen molar-refractivity contribution in [3.63, 3.8) is 0 Å². The molecule has 0 saturated carbocycles. The summed E-state index contributed by atoms with van der Waals surface area (Å²) in [7, 11) is 1.65. The summed E-state index contributed by atoms with van der Waals surface area (Å²) in [4.78, 5) is 4.30. The van der Waals surface area contributed by atoms with Crippen LogP contribution in [-0.4, -0.2) is 39.7 Å². The summed E-state index contributed by atoms with van der Waals surface area (Å²) in [6, 6.07) is 2.41. The van der Waals surface area contributed by atoms with Gasteiger partial charge in [0.2, 0.25) is 5.89 Å². The number of ether oxygens (including phenoxy) is 1. The van der Waals surface area contributed by atoms with E-state index in [2.05, 4.69) is 34.4 Å². The van der Waals surface area contributed by atoms with E-state index >= 15 is 0 Å². The van der Waals surface area contributed by atoms with Gasteiger partial charge in [-0.25, -0.2) is 0 Å². The largest absolute Gasteiger partial charge is 0.384 e. The second-order valence-corrected chi connectivity index (χ2v) is 4.74. The van der Waals surface area contributed by atoms with Crippen LogP contribution in [0.4, 0.5) is 0 Å². The third-order valence-corrected chi connectivity index (χ3v) is 3.28. The summed E-state index contributed by atoms with van der Waals surface area (Å²) in [6.45, 7) is 5.36. The molecule has 2 aromatic rings. The Morgan fingerprint density at radius 1 is 1.45 bits per heavy atom. The Morgan fingerprint density at radius 3 is 3.00 bits per heavy atom. The highest BCUT2D eigenvalue weighted by atomic mass is 16.5. The zero-order chi connectivity index (χ0) is 14.4. The maximum atomic E-state index is 5.18. The Hall–Kier alpha value is -1.73. The summed E-state index contributed by atoms with van der Waals surface area (Å²) in [6.07, 6.45) is 4.40. The third kappa shape index (κ3) is 3.88. The van der Waals surface area contributed by atoms with Gasteiger partial charge in [0, 0.05) is 32.0 Å². The Balaban J connectivity index is 1.81. The van der Waals surface area contributed by atoms with E-state index in [1.165, 1.54) is 0 Å². The van der Waals surface area contributed by atoms with E-state index < -0.39 is 0 Å². The van der Waals surface area contributed by atoms with Gasteiger partial charge in [-0.3, -0.25) is 4.68 Å². The van der Waals surface area contributed by atoms with Crippen molar-refractivity contribution in [2.75, 3.05) is 13.7 Å². The molecule has 7 nitrogen and oxygen atoms in total. The standard InChI is InChI=1S/C13H21N5O2/c1-10(11(2)18-7-4-6-15-18)14-9-13-16-12(17-20-13)5-8-19-3/h4,6-7,10-11,14H,5,8-9H2,1-3H3/t10-,11-/m0/s1. The molecule has 0 spiro atoms. The molecule has 2 atom stereocenters. The Labute approximate surface area is 118 Å². The molecule has 20 heavy (non-hydrogen) atoms. The van der Waals surface area contributed by atoms with Crippen molar-refractivity contribution in [2.24, 2.45) is 0 Å². The van der Waals surface area contributed by atoms with Gasteiger partial charge in [-0.05, 0) is 19.9 Å². The smallest absolute Gasteiger partial charge is 0.240 e. The number of hydrogen-bond acceptors (Lipinski definition) is 6. The van der Waals surface area contributed by atoms with Crippen LogP contribution >= 0.6 is 0 Å². The minimum absolute atomic E-state index is 0.240. The van der Waals surface area contributed by atoms with Gasteiger partial charge in [-0.1, -0.05) is 5.16 Å². The lowest BCUT2D eigenvalue weighted by Gasteiger charge is -2.20. The van der Waals surface area contributed by atoms with Crippen molar-refractivity contribution in [3.8, 4) is 0 Å². The summed E-state index contributed by atoms with van der Waals surface area (Å²) < 4.78 is 12.1. The van der Waals surface area contributed by atoms with Gasteiger partial charge in [-0.15, -0.1) is 0 Å². The number of methoxy groups -OCH3 is 1. The predicted octanol–water partition coefficient (Wildman–Crippen LogP) is 1.19. The van der Waals surface area contributed by atoms with Crippen molar-refractivity contribution in [1.29, 1.82) is 0 Å². The first kappa shape index (κ1) is 14.7. The van der Waals surface area contributed by atoms with Gasteiger partial charge in [0.25, 0.3) is 0 Å². The fraction of sp³-hybridized carbons (Fsp3) is 0.615. The number of aromatic nitrogens is 4. The quantitative estimate of drug-likeness (QED) is 0.782. The summed E-state index contributed by atoms with van der Waals surface area (Å²) in [5, 5.41) is 11.5. The molecule has 7 heteroatoms. The van der Waals surface area contributed by atoms with Crippen LogP contribution in [0.5, 0.6) is 0 Å². The molecule has 0 fully saturated rings. The van der Waals surface area contributed by atoms with E-state index in [0.29, 0.717) is 31.3 Å². The summed E-state index contributed by atoms with van der Waals surface area (Å²) in [5.41, 5.74) is 0. The van der Waals surface area contributed by atoms with Gasteiger partial charge >= 0.3 is 0 Å². The van der Waals surface area contributed by atoms with E-state index in [1.54, 1.807) is 13.3 Å². The average Bonchev–Trinajstić information content (AvgIpc) is 3.13. The first-order valence-corrected chi connectivity index (χ1v) is 6.73. The van der Waals surface area contributed by atoms with Crippen LogP contribution in [0.25, 0.3) is 0 Å². The predicted molar refractivity (Wildman–Crippen MR) is 73.1 cm³/mol. The Bertz CT molecular complexity index is 497. The van der Waals surface area contributed by atoms with E-state index in [4.69, 9.17) is 9.26 Å². The SMILES string of the molecule is COCCc1noc(CN[C@@H](C)[C@H](C)n2cccn2)n1. The molecule has 0 saturated heterocycles. The van der Waals surface area contributed by atoms with E-state index in [0.717, 1.165) is 0 Å². The fourth-order valence-corrected chi connectivity index (χ4v) is 1.83. The monoisotopic (exact) mass is 279 g/mol. The van der Waals surface area contributed by atoms with Gasteiger partial charge in [0.1, 0.15) is 0 Å².